The molecule has 0 atom stereocenters. The lowest BCUT2D eigenvalue weighted by Crippen LogP contribution is -2.33. The van der Waals surface area contributed by atoms with Crippen molar-refractivity contribution < 1.29 is 26.4 Å². The maximum atomic E-state index is 12.8. The lowest BCUT2D eigenvalue weighted by molar-refractivity contribution is -0.121. The second-order valence-corrected chi connectivity index (χ2v) is 10.6. The Kier molecular flexibility index (Phi) is 7.79. The first-order valence-corrected chi connectivity index (χ1v) is 13.2. The Morgan fingerprint density at radius 1 is 1.05 bits per heavy atom. The molecule has 1 heterocycles. The van der Waals surface area contributed by atoms with Gasteiger partial charge in [0.1, 0.15) is 6.54 Å². The highest BCUT2D eigenvalue weighted by Gasteiger charge is 2.30. The van der Waals surface area contributed by atoms with Crippen molar-refractivity contribution in [1.29, 1.82) is 0 Å². The zero-order valence-corrected chi connectivity index (χ0v) is 20.8. The van der Waals surface area contributed by atoms with E-state index in [1.54, 1.807) is 17.7 Å². The predicted octanol–water partition coefficient (Wildman–Crippen LogP) is 5.59. The molecule has 1 fully saturated rings. The van der Waals surface area contributed by atoms with Gasteiger partial charge in [-0.1, -0.05) is 43.2 Å². The van der Waals surface area contributed by atoms with E-state index in [4.69, 9.17) is 0 Å². The molecule has 37 heavy (non-hydrogen) atoms. The first kappa shape index (κ1) is 26.6. The van der Waals surface area contributed by atoms with Crippen molar-refractivity contribution in [3.63, 3.8) is 0 Å². The van der Waals surface area contributed by atoms with Crippen LogP contribution >= 0.6 is 0 Å². The summed E-state index contributed by atoms with van der Waals surface area (Å²) in [6.07, 6.45) is 1.21. The summed E-state index contributed by atoms with van der Waals surface area (Å²) in [7, 11) is -4.50. The average molecular weight is 534 g/mol. The molecule has 0 aliphatic heterocycles. The zero-order chi connectivity index (χ0) is 26.6. The Morgan fingerprint density at radius 2 is 1.81 bits per heavy atom. The summed E-state index contributed by atoms with van der Waals surface area (Å²) in [6.45, 7) is 0.0109. The lowest BCUT2D eigenvalue weighted by Gasteiger charge is -2.16. The summed E-state index contributed by atoms with van der Waals surface area (Å²) in [5.74, 6) is 0.460. The SMILES string of the molecule is Cc1ccnc(NC(=O)Nc2cc(S(=O)(=O)NCC(F)(F)F)ccc2-c2cccc(C3CCCC3)c2)n1. The minimum Gasteiger partial charge on any atom is -0.307 e. The number of rotatable bonds is 7. The number of aromatic nitrogens is 2. The average Bonchev–Trinajstić information content (AvgIpc) is 3.38. The fourth-order valence-electron chi connectivity index (χ4n) is 4.29. The number of halogens is 3. The highest BCUT2D eigenvalue weighted by atomic mass is 32.2. The van der Waals surface area contributed by atoms with Crippen LogP contribution in [0.15, 0.2) is 59.6 Å². The van der Waals surface area contributed by atoms with Crippen LogP contribution in [0.3, 0.4) is 0 Å². The van der Waals surface area contributed by atoms with Gasteiger partial charge in [0.25, 0.3) is 0 Å². The minimum absolute atomic E-state index is 0.0397. The molecule has 3 N–H and O–H groups in total. The Bertz CT molecular complexity index is 1390. The largest absolute Gasteiger partial charge is 0.402 e. The van der Waals surface area contributed by atoms with E-state index in [9.17, 15) is 26.4 Å². The third-order valence-electron chi connectivity index (χ3n) is 6.06. The predicted molar refractivity (Wildman–Crippen MR) is 134 cm³/mol. The van der Waals surface area contributed by atoms with Gasteiger partial charge in [-0.15, -0.1) is 0 Å². The number of benzene rings is 2. The van der Waals surface area contributed by atoms with Crippen LogP contribution in [-0.2, 0) is 10.0 Å². The van der Waals surface area contributed by atoms with Gasteiger partial charge in [-0.2, -0.15) is 13.2 Å². The second kappa shape index (κ2) is 10.9. The van der Waals surface area contributed by atoms with Crippen LogP contribution in [0.1, 0.15) is 42.9 Å². The van der Waals surface area contributed by atoms with Crippen molar-refractivity contribution in [1.82, 2.24) is 14.7 Å². The number of nitrogens with zero attached hydrogens (tertiary/aromatic N) is 2. The quantitative estimate of drug-likeness (QED) is 0.366. The van der Waals surface area contributed by atoms with Crippen molar-refractivity contribution in [2.24, 2.45) is 0 Å². The molecule has 4 rings (SSSR count). The smallest absolute Gasteiger partial charge is 0.307 e. The van der Waals surface area contributed by atoms with E-state index in [1.807, 2.05) is 24.3 Å². The number of hydrogen-bond donors (Lipinski definition) is 3. The number of anilines is 2. The fraction of sp³-hybridized carbons (Fsp3) is 0.320. The first-order chi connectivity index (χ1) is 17.5. The van der Waals surface area contributed by atoms with Gasteiger partial charge in [0.2, 0.25) is 16.0 Å². The van der Waals surface area contributed by atoms with Gasteiger partial charge >= 0.3 is 12.2 Å². The van der Waals surface area contributed by atoms with Gasteiger partial charge in [-0.3, -0.25) is 5.32 Å². The van der Waals surface area contributed by atoms with Crippen molar-refractivity contribution in [2.45, 2.75) is 49.6 Å². The summed E-state index contributed by atoms with van der Waals surface area (Å²) in [5.41, 5.74) is 3.11. The molecule has 3 aromatic rings. The molecule has 0 radical (unpaired) electrons. The van der Waals surface area contributed by atoms with Crippen LogP contribution in [0.2, 0.25) is 0 Å². The standard InChI is InChI=1S/C25H26F3N5O3S/c1-16-11-12-29-23(31-16)33-24(34)32-22-14-20(37(35,36)30-15-25(26,27)28)9-10-21(22)19-8-4-7-18(13-19)17-5-2-3-6-17/h4,7-14,17,30H,2-3,5-6,15H2,1H3,(H2,29,31,32,33,34). The summed E-state index contributed by atoms with van der Waals surface area (Å²) >= 11 is 0. The van der Waals surface area contributed by atoms with Crippen LogP contribution in [0.25, 0.3) is 11.1 Å². The molecule has 0 unspecified atom stereocenters. The molecule has 2 amide bonds. The van der Waals surface area contributed by atoms with Gasteiger partial charge in [0, 0.05) is 17.5 Å². The van der Waals surface area contributed by atoms with E-state index in [1.165, 1.54) is 18.3 Å². The van der Waals surface area contributed by atoms with Gasteiger partial charge in [-0.05, 0) is 55.0 Å². The number of carbonyl (C=O) groups is 1. The third-order valence-corrected chi connectivity index (χ3v) is 7.46. The number of nitrogens with one attached hydrogen (secondary N) is 3. The molecule has 1 aliphatic rings. The molecule has 0 bridgehead atoms. The van der Waals surface area contributed by atoms with Gasteiger partial charge in [0.15, 0.2) is 0 Å². The topological polar surface area (TPSA) is 113 Å². The van der Waals surface area contributed by atoms with Gasteiger partial charge < -0.3 is 5.32 Å². The minimum atomic E-state index is -4.72. The summed E-state index contributed by atoms with van der Waals surface area (Å²) < 4.78 is 64.6. The summed E-state index contributed by atoms with van der Waals surface area (Å²) in [6, 6.07) is 12.5. The molecule has 1 aromatic heterocycles. The number of urea groups is 1. The van der Waals surface area contributed by atoms with E-state index in [0.29, 0.717) is 17.2 Å². The molecule has 8 nitrogen and oxygen atoms in total. The van der Waals surface area contributed by atoms with E-state index in [2.05, 4.69) is 20.6 Å². The molecular formula is C25H26F3N5O3S. The molecule has 196 valence electrons. The van der Waals surface area contributed by atoms with Gasteiger partial charge in [0.05, 0.1) is 10.6 Å². The molecule has 0 saturated heterocycles. The monoisotopic (exact) mass is 533 g/mol. The van der Waals surface area contributed by atoms with Crippen LogP contribution in [0, 0.1) is 6.92 Å². The van der Waals surface area contributed by atoms with Crippen molar-refractivity contribution in [3.8, 4) is 11.1 Å². The van der Waals surface area contributed by atoms with Crippen LogP contribution in [0.5, 0.6) is 0 Å². The Labute approximate surface area is 212 Å². The Balaban J connectivity index is 1.68. The fourth-order valence-corrected chi connectivity index (χ4v) is 5.33. The van der Waals surface area contributed by atoms with E-state index < -0.39 is 33.7 Å². The highest BCUT2D eigenvalue weighted by molar-refractivity contribution is 7.89. The second-order valence-electron chi connectivity index (χ2n) is 8.85. The number of sulfonamides is 1. The third kappa shape index (κ3) is 7.04. The molecule has 12 heteroatoms. The normalized spacial score (nSPS) is 14.5. The zero-order valence-electron chi connectivity index (χ0n) is 20.0. The molecule has 2 aromatic carbocycles. The van der Waals surface area contributed by atoms with Gasteiger partial charge in [-0.25, -0.2) is 27.9 Å². The number of hydrogen-bond acceptors (Lipinski definition) is 5. The van der Waals surface area contributed by atoms with E-state index in [0.717, 1.165) is 42.9 Å². The maximum absolute atomic E-state index is 12.8. The lowest BCUT2D eigenvalue weighted by atomic mass is 9.93. The Morgan fingerprint density at radius 3 is 2.51 bits per heavy atom. The van der Waals surface area contributed by atoms with E-state index in [-0.39, 0.29) is 11.6 Å². The van der Waals surface area contributed by atoms with Crippen molar-refractivity contribution in [3.05, 3.63) is 66.0 Å². The number of carbonyl (C=O) groups excluding carboxylic acids is 1. The Hall–Kier alpha value is -3.51. The molecule has 1 saturated carbocycles. The highest BCUT2D eigenvalue weighted by Crippen LogP contribution is 2.37. The molecular weight excluding hydrogens is 507 g/mol. The van der Waals surface area contributed by atoms with Crippen molar-refractivity contribution >= 4 is 27.7 Å². The summed E-state index contributed by atoms with van der Waals surface area (Å²) in [5, 5.41) is 5.09. The molecule has 0 spiro atoms. The number of amides is 2. The van der Waals surface area contributed by atoms with Crippen LogP contribution < -0.4 is 15.4 Å². The number of alkyl halides is 3. The summed E-state index contributed by atoms with van der Waals surface area (Å²) in [4.78, 5) is 20.4. The van der Waals surface area contributed by atoms with Crippen LogP contribution in [-0.4, -0.2) is 37.1 Å². The van der Waals surface area contributed by atoms with Crippen molar-refractivity contribution in [2.75, 3.05) is 17.2 Å². The number of aryl methyl sites for hydroxylation is 1. The van der Waals surface area contributed by atoms with Crippen LogP contribution in [0.4, 0.5) is 29.6 Å². The molecule has 1 aliphatic carbocycles. The first-order valence-electron chi connectivity index (χ1n) is 11.7. The maximum Gasteiger partial charge on any atom is 0.402 e. The van der Waals surface area contributed by atoms with E-state index >= 15 is 0 Å².